The van der Waals surface area contributed by atoms with Crippen LogP contribution >= 0.6 is 0 Å². The van der Waals surface area contributed by atoms with E-state index >= 15 is 0 Å². The zero-order valence-electron chi connectivity index (χ0n) is 8.81. The molecular formula is C9H21N3. The largest absolute Gasteiger partial charge is 0.386 e. The van der Waals surface area contributed by atoms with E-state index in [0.29, 0.717) is 0 Å². The third kappa shape index (κ3) is 2.48. The number of rotatable bonds is 4. The van der Waals surface area contributed by atoms with Crippen molar-refractivity contribution in [3.8, 4) is 0 Å². The van der Waals surface area contributed by atoms with E-state index in [-0.39, 0.29) is 17.4 Å². The lowest BCUT2D eigenvalue weighted by Crippen LogP contribution is -2.50. The lowest BCUT2D eigenvalue weighted by Gasteiger charge is -2.38. The fourth-order valence-corrected chi connectivity index (χ4v) is 0.982. The van der Waals surface area contributed by atoms with Gasteiger partial charge >= 0.3 is 0 Å². The summed E-state index contributed by atoms with van der Waals surface area (Å²) in [4.78, 5) is 2.13. The summed E-state index contributed by atoms with van der Waals surface area (Å²) in [5, 5.41) is 7.32. The zero-order valence-corrected chi connectivity index (χ0v) is 8.81. The molecule has 0 aromatic heterocycles. The van der Waals surface area contributed by atoms with Gasteiger partial charge in [0.05, 0.1) is 6.04 Å². The SMILES string of the molecule is CCC(C)(C)N(C)C(C)C(=N)N. The average Bonchev–Trinajstić information content (AvgIpc) is 2.01. The highest BCUT2D eigenvalue weighted by molar-refractivity contribution is 5.82. The molecule has 0 rings (SSSR count). The summed E-state index contributed by atoms with van der Waals surface area (Å²) in [7, 11) is 2.01. The first kappa shape index (κ1) is 11.4. The molecule has 0 radical (unpaired) electrons. The molecule has 0 saturated carbocycles. The van der Waals surface area contributed by atoms with E-state index in [1.807, 2.05) is 14.0 Å². The summed E-state index contributed by atoms with van der Waals surface area (Å²) in [6, 6.07) is 0.0277. The van der Waals surface area contributed by atoms with Crippen molar-refractivity contribution >= 4 is 5.84 Å². The monoisotopic (exact) mass is 171 g/mol. The highest BCUT2D eigenvalue weighted by atomic mass is 15.2. The van der Waals surface area contributed by atoms with Crippen LogP contribution in [0, 0.1) is 5.41 Å². The van der Waals surface area contributed by atoms with Crippen LogP contribution in [0.5, 0.6) is 0 Å². The first-order valence-corrected chi connectivity index (χ1v) is 4.39. The van der Waals surface area contributed by atoms with E-state index in [1.165, 1.54) is 0 Å². The minimum Gasteiger partial charge on any atom is -0.386 e. The van der Waals surface area contributed by atoms with Crippen molar-refractivity contribution < 1.29 is 0 Å². The van der Waals surface area contributed by atoms with Gasteiger partial charge in [-0.15, -0.1) is 0 Å². The molecule has 72 valence electrons. The third-order valence-electron chi connectivity index (χ3n) is 2.85. The molecule has 0 aliphatic heterocycles. The van der Waals surface area contributed by atoms with Crippen molar-refractivity contribution in [3.63, 3.8) is 0 Å². The van der Waals surface area contributed by atoms with Crippen LogP contribution in [0.2, 0.25) is 0 Å². The average molecular weight is 171 g/mol. The van der Waals surface area contributed by atoms with Crippen LogP contribution in [-0.4, -0.2) is 29.4 Å². The molecular weight excluding hydrogens is 150 g/mol. The lowest BCUT2D eigenvalue weighted by atomic mass is 9.98. The number of amidine groups is 1. The first-order valence-electron chi connectivity index (χ1n) is 4.39. The Kier molecular flexibility index (Phi) is 3.71. The number of nitrogens with two attached hydrogens (primary N) is 1. The second-order valence-electron chi connectivity index (χ2n) is 3.91. The van der Waals surface area contributed by atoms with Crippen molar-refractivity contribution in [2.45, 2.75) is 45.7 Å². The van der Waals surface area contributed by atoms with E-state index in [4.69, 9.17) is 11.1 Å². The third-order valence-corrected chi connectivity index (χ3v) is 2.85. The summed E-state index contributed by atoms with van der Waals surface area (Å²) in [6.45, 7) is 8.42. The van der Waals surface area contributed by atoms with Crippen LogP contribution in [0.15, 0.2) is 0 Å². The smallest absolute Gasteiger partial charge is 0.108 e. The normalized spacial score (nSPS) is 14.8. The molecule has 0 fully saturated rings. The maximum atomic E-state index is 7.32. The topological polar surface area (TPSA) is 53.1 Å². The molecule has 0 aliphatic rings. The molecule has 0 aromatic rings. The van der Waals surface area contributed by atoms with Gasteiger partial charge in [-0.2, -0.15) is 0 Å². The predicted octanol–water partition coefficient (Wildman–Crippen LogP) is 1.43. The van der Waals surface area contributed by atoms with Gasteiger partial charge in [0.25, 0.3) is 0 Å². The lowest BCUT2D eigenvalue weighted by molar-refractivity contribution is 0.135. The summed E-state index contributed by atoms with van der Waals surface area (Å²) < 4.78 is 0. The molecule has 0 amide bonds. The molecule has 3 heteroatoms. The number of hydrogen-bond acceptors (Lipinski definition) is 2. The molecule has 0 aromatic carbocycles. The zero-order chi connectivity index (χ0) is 9.94. The number of nitrogens with one attached hydrogen (secondary N) is 1. The van der Waals surface area contributed by atoms with Gasteiger partial charge in [0.1, 0.15) is 5.84 Å². The number of hydrogen-bond donors (Lipinski definition) is 2. The van der Waals surface area contributed by atoms with Crippen molar-refractivity contribution in [3.05, 3.63) is 0 Å². The molecule has 0 saturated heterocycles. The molecule has 0 bridgehead atoms. The molecule has 3 nitrogen and oxygen atoms in total. The minimum atomic E-state index is 0.0277. The van der Waals surface area contributed by atoms with Gasteiger partial charge in [0, 0.05) is 5.54 Å². The summed E-state index contributed by atoms with van der Waals surface area (Å²) >= 11 is 0. The van der Waals surface area contributed by atoms with Gasteiger partial charge in [-0.3, -0.25) is 10.3 Å². The Morgan fingerprint density at radius 1 is 1.58 bits per heavy atom. The first-order chi connectivity index (χ1) is 5.33. The van der Waals surface area contributed by atoms with Crippen molar-refractivity contribution in [2.24, 2.45) is 5.73 Å². The summed E-state index contributed by atoms with van der Waals surface area (Å²) in [5.41, 5.74) is 5.55. The van der Waals surface area contributed by atoms with E-state index in [9.17, 15) is 0 Å². The van der Waals surface area contributed by atoms with Gasteiger partial charge in [-0.25, -0.2) is 0 Å². The second kappa shape index (κ2) is 3.90. The maximum absolute atomic E-state index is 7.32. The maximum Gasteiger partial charge on any atom is 0.108 e. The Labute approximate surface area is 75.4 Å². The van der Waals surface area contributed by atoms with Crippen LogP contribution < -0.4 is 5.73 Å². The van der Waals surface area contributed by atoms with Crippen molar-refractivity contribution in [2.75, 3.05) is 7.05 Å². The fourth-order valence-electron chi connectivity index (χ4n) is 0.982. The molecule has 3 N–H and O–H groups in total. The van der Waals surface area contributed by atoms with Crippen LogP contribution in [0.3, 0.4) is 0 Å². The van der Waals surface area contributed by atoms with Crippen molar-refractivity contribution in [1.29, 1.82) is 5.41 Å². The number of likely N-dealkylation sites (N-methyl/N-ethyl adjacent to an activating group) is 1. The van der Waals surface area contributed by atoms with E-state index in [0.717, 1.165) is 6.42 Å². The van der Waals surface area contributed by atoms with Gasteiger partial charge in [0.2, 0.25) is 0 Å². The van der Waals surface area contributed by atoms with Crippen LogP contribution in [0.4, 0.5) is 0 Å². The van der Waals surface area contributed by atoms with E-state index < -0.39 is 0 Å². The Hall–Kier alpha value is -0.570. The minimum absolute atomic E-state index is 0.0277. The molecule has 1 unspecified atom stereocenters. The second-order valence-corrected chi connectivity index (χ2v) is 3.91. The Balaban J connectivity index is 4.37. The van der Waals surface area contributed by atoms with Gasteiger partial charge in [0.15, 0.2) is 0 Å². The number of nitrogens with zero attached hydrogens (tertiary/aromatic N) is 1. The van der Waals surface area contributed by atoms with Crippen LogP contribution in [0.25, 0.3) is 0 Å². The quantitative estimate of drug-likeness (QED) is 0.496. The standard InChI is InChI=1S/C9H21N3/c1-6-9(3,4)12(5)7(2)8(10)11/h7H,6H2,1-5H3,(H3,10,11). The Morgan fingerprint density at radius 3 is 2.25 bits per heavy atom. The molecule has 0 heterocycles. The summed E-state index contributed by atoms with van der Waals surface area (Å²) in [6.07, 6.45) is 1.06. The van der Waals surface area contributed by atoms with Gasteiger partial charge in [-0.1, -0.05) is 6.92 Å². The Bertz CT molecular complexity index is 163. The Morgan fingerprint density at radius 2 is 2.00 bits per heavy atom. The van der Waals surface area contributed by atoms with Crippen molar-refractivity contribution in [1.82, 2.24) is 4.90 Å². The summed E-state index contributed by atoms with van der Waals surface area (Å²) in [5.74, 6) is 0.235. The van der Waals surface area contributed by atoms with E-state index in [1.54, 1.807) is 0 Å². The predicted molar refractivity (Wildman–Crippen MR) is 53.5 cm³/mol. The van der Waals surface area contributed by atoms with Crippen LogP contribution in [0.1, 0.15) is 34.1 Å². The van der Waals surface area contributed by atoms with Crippen LogP contribution in [-0.2, 0) is 0 Å². The highest BCUT2D eigenvalue weighted by Crippen LogP contribution is 2.18. The van der Waals surface area contributed by atoms with Gasteiger partial charge < -0.3 is 5.73 Å². The molecule has 0 spiro atoms. The van der Waals surface area contributed by atoms with Gasteiger partial charge in [-0.05, 0) is 34.2 Å². The molecule has 12 heavy (non-hydrogen) atoms. The van der Waals surface area contributed by atoms with E-state index in [2.05, 4.69) is 25.7 Å². The highest BCUT2D eigenvalue weighted by Gasteiger charge is 2.26. The molecule has 0 aliphatic carbocycles. The fraction of sp³-hybridized carbons (Fsp3) is 0.889. The molecule has 1 atom stereocenters.